The van der Waals surface area contributed by atoms with Crippen LogP contribution in [0.4, 0.5) is 0 Å². The van der Waals surface area contributed by atoms with E-state index in [1.807, 2.05) is 13.8 Å². The SMILES string of the molecule is Cc1cc(CNC2CCCC2)cc(C)c1O. The quantitative estimate of drug-likeness (QED) is 0.819. The van der Waals surface area contributed by atoms with Crippen LogP contribution in [0, 0.1) is 13.8 Å². The predicted molar refractivity (Wildman–Crippen MR) is 66.7 cm³/mol. The molecule has 0 aliphatic heterocycles. The molecule has 0 amide bonds. The molecule has 0 spiro atoms. The highest BCUT2D eigenvalue weighted by Gasteiger charge is 2.14. The van der Waals surface area contributed by atoms with Gasteiger partial charge in [-0.25, -0.2) is 0 Å². The molecule has 1 fully saturated rings. The molecule has 1 aromatic rings. The molecule has 2 heteroatoms. The molecule has 0 radical (unpaired) electrons. The summed E-state index contributed by atoms with van der Waals surface area (Å²) in [5.41, 5.74) is 3.23. The van der Waals surface area contributed by atoms with Crippen molar-refractivity contribution in [3.05, 3.63) is 28.8 Å². The predicted octanol–water partition coefficient (Wildman–Crippen LogP) is 3.04. The lowest BCUT2D eigenvalue weighted by atomic mass is 10.1. The highest BCUT2D eigenvalue weighted by molar-refractivity contribution is 5.42. The van der Waals surface area contributed by atoms with Crippen LogP contribution in [0.5, 0.6) is 5.75 Å². The van der Waals surface area contributed by atoms with Crippen molar-refractivity contribution in [1.82, 2.24) is 5.32 Å². The third-order valence-corrected chi connectivity index (χ3v) is 3.50. The molecular weight excluding hydrogens is 198 g/mol. The molecule has 1 saturated carbocycles. The average Bonchev–Trinajstić information content (AvgIpc) is 2.75. The van der Waals surface area contributed by atoms with E-state index < -0.39 is 0 Å². The maximum Gasteiger partial charge on any atom is 0.121 e. The molecule has 0 bridgehead atoms. The molecule has 1 aliphatic carbocycles. The number of aryl methyl sites for hydroxylation is 2. The average molecular weight is 219 g/mol. The maximum atomic E-state index is 9.69. The Kier molecular flexibility index (Phi) is 3.49. The summed E-state index contributed by atoms with van der Waals surface area (Å²) in [6.07, 6.45) is 5.36. The van der Waals surface area contributed by atoms with Gasteiger partial charge >= 0.3 is 0 Å². The topological polar surface area (TPSA) is 32.3 Å². The van der Waals surface area contributed by atoms with E-state index in [4.69, 9.17) is 0 Å². The van der Waals surface area contributed by atoms with Gasteiger partial charge in [0.15, 0.2) is 0 Å². The lowest BCUT2D eigenvalue weighted by Crippen LogP contribution is -2.25. The molecule has 0 saturated heterocycles. The van der Waals surface area contributed by atoms with Gasteiger partial charge in [0.25, 0.3) is 0 Å². The zero-order valence-corrected chi connectivity index (χ0v) is 10.2. The van der Waals surface area contributed by atoms with Gasteiger partial charge in [-0.3, -0.25) is 0 Å². The highest BCUT2D eigenvalue weighted by Crippen LogP contribution is 2.23. The summed E-state index contributed by atoms with van der Waals surface area (Å²) in [4.78, 5) is 0. The molecule has 0 unspecified atom stereocenters. The maximum absolute atomic E-state index is 9.69. The Morgan fingerprint density at radius 1 is 1.19 bits per heavy atom. The third-order valence-electron chi connectivity index (χ3n) is 3.50. The number of rotatable bonds is 3. The van der Waals surface area contributed by atoms with Crippen LogP contribution < -0.4 is 5.32 Å². The number of phenols is 1. The first kappa shape index (κ1) is 11.5. The highest BCUT2D eigenvalue weighted by atomic mass is 16.3. The van der Waals surface area contributed by atoms with Crippen LogP contribution in [0.3, 0.4) is 0 Å². The molecule has 16 heavy (non-hydrogen) atoms. The molecule has 2 N–H and O–H groups in total. The second kappa shape index (κ2) is 4.88. The number of aromatic hydroxyl groups is 1. The number of benzene rings is 1. The van der Waals surface area contributed by atoms with Crippen LogP contribution in [-0.4, -0.2) is 11.1 Å². The first-order chi connectivity index (χ1) is 7.66. The Bertz CT molecular complexity index is 344. The van der Waals surface area contributed by atoms with E-state index in [1.165, 1.54) is 31.2 Å². The molecule has 1 aromatic carbocycles. The van der Waals surface area contributed by atoms with Gasteiger partial charge in [-0.1, -0.05) is 25.0 Å². The lowest BCUT2D eigenvalue weighted by molar-refractivity contribution is 0.466. The lowest BCUT2D eigenvalue weighted by Gasteiger charge is -2.13. The van der Waals surface area contributed by atoms with Gasteiger partial charge in [-0.2, -0.15) is 0 Å². The summed E-state index contributed by atoms with van der Waals surface area (Å²) in [5.74, 6) is 0.435. The fourth-order valence-electron chi connectivity index (χ4n) is 2.54. The zero-order chi connectivity index (χ0) is 11.5. The number of phenolic OH excluding ortho intramolecular Hbond substituents is 1. The number of hydrogen-bond acceptors (Lipinski definition) is 2. The van der Waals surface area contributed by atoms with E-state index >= 15 is 0 Å². The number of hydrogen-bond donors (Lipinski definition) is 2. The number of nitrogens with one attached hydrogen (secondary N) is 1. The minimum atomic E-state index is 0.435. The van der Waals surface area contributed by atoms with Gasteiger partial charge in [-0.05, 0) is 43.4 Å². The Balaban J connectivity index is 1.98. The van der Waals surface area contributed by atoms with Crippen molar-refractivity contribution in [1.29, 1.82) is 0 Å². The zero-order valence-electron chi connectivity index (χ0n) is 10.2. The van der Waals surface area contributed by atoms with E-state index in [-0.39, 0.29) is 0 Å². The van der Waals surface area contributed by atoms with E-state index in [2.05, 4.69) is 17.4 Å². The Morgan fingerprint density at radius 2 is 1.75 bits per heavy atom. The van der Waals surface area contributed by atoms with Crippen LogP contribution >= 0.6 is 0 Å². The standard InChI is InChI=1S/C14H21NO/c1-10-7-12(8-11(2)14(10)16)9-15-13-5-3-4-6-13/h7-8,13,15-16H,3-6,9H2,1-2H3. The van der Waals surface area contributed by atoms with Crippen LogP contribution in [0.25, 0.3) is 0 Å². The van der Waals surface area contributed by atoms with Crippen molar-refractivity contribution >= 4 is 0 Å². The van der Waals surface area contributed by atoms with Crippen molar-refractivity contribution < 1.29 is 5.11 Å². The Hall–Kier alpha value is -1.02. The van der Waals surface area contributed by atoms with Gasteiger partial charge in [0.1, 0.15) is 5.75 Å². The minimum Gasteiger partial charge on any atom is -0.507 e. The first-order valence-corrected chi connectivity index (χ1v) is 6.19. The van der Waals surface area contributed by atoms with Gasteiger partial charge < -0.3 is 10.4 Å². The molecule has 88 valence electrons. The van der Waals surface area contributed by atoms with Crippen molar-refractivity contribution in [2.24, 2.45) is 0 Å². The van der Waals surface area contributed by atoms with Crippen molar-refractivity contribution in [2.75, 3.05) is 0 Å². The summed E-state index contributed by atoms with van der Waals surface area (Å²) in [5, 5.41) is 13.3. The van der Waals surface area contributed by atoms with Crippen LogP contribution in [0.2, 0.25) is 0 Å². The van der Waals surface area contributed by atoms with Gasteiger partial charge in [0.2, 0.25) is 0 Å². The normalized spacial score (nSPS) is 16.9. The smallest absolute Gasteiger partial charge is 0.121 e. The summed E-state index contributed by atoms with van der Waals surface area (Å²) >= 11 is 0. The molecule has 0 heterocycles. The van der Waals surface area contributed by atoms with Crippen molar-refractivity contribution in [3.8, 4) is 5.75 Å². The largest absolute Gasteiger partial charge is 0.507 e. The molecule has 0 aromatic heterocycles. The van der Waals surface area contributed by atoms with Gasteiger partial charge in [0, 0.05) is 12.6 Å². The second-order valence-electron chi connectivity index (χ2n) is 4.94. The van der Waals surface area contributed by atoms with Crippen LogP contribution in [-0.2, 0) is 6.54 Å². The second-order valence-corrected chi connectivity index (χ2v) is 4.94. The molecule has 2 rings (SSSR count). The summed E-state index contributed by atoms with van der Waals surface area (Å²) in [6.45, 7) is 4.84. The third kappa shape index (κ3) is 2.56. The monoisotopic (exact) mass is 219 g/mol. The minimum absolute atomic E-state index is 0.435. The molecule has 1 aliphatic rings. The summed E-state index contributed by atoms with van der Waals surface area (Å²) in [7, 11) is 0. The summed E-state index contributed by atoms with van der Waals surface area (Å²) < 4.78 is 0. The van der Waals surface area contributed by atoms with Crippen molar-refractivity contribution in [2.45, 2.75) is 52.1 Å². The fourth-order valence-corrected chi connectivity index (χ4v) is 2.54. The van der Waals surface area contributed by atoms with E-state index in [0.717, 1.165) is 17.7 Å². The van der Waals surface area contributed by atoms with Crippen molar-refractivity contribution in [3.63, 3.8) is 0 Å². The van der Waals surface area contributed by atoms with Gasteiger partial charge in [-0.15, -0.1) is 0 Å². The molecular formula is C14H21NO. The fraction of sp³-hybridized carbons (Fsp3) is 0.571. The molecule has 0 atom stereocenters. The van der Waals surface area contributed by atoms with Crippen LogP contribution in [0.15, 0.2) is 12.1 Å². The van der Waals surface area contributed by atoms with E-state index in [1.54, 1.807) is 0 Å². The van der Waals surface area contributed by atoms with Gasteiger partial charge in [0.05, 0.1) is 0 Å². The molecule has 2 nitrogen and oxygen atoms in total. The Morgan fingerprint density at radius 3 is 2.31 bits per heavy atom. The summed E-state index contributed by atoms with van der Waals surface area (Å²) in [6, 6.07) is 4.85. The van der Waals surface area contributed by atoms with E-state index in [0.29, 0.717) is 11.8 Å². The Labute approximate surface area is 97.7 Å². The first-order valence-electron chi connectivity index (χ1n) is 6.19. The van der Waals surface area contributed by atoms with E-state index in [9.17, 15) is 5.11 Å². The van der Waals surface area contributed by atoms with Crippen LogP contribution in [0.1, 0.15) is 42.4 Å².